The van der Waals surface area contributed by atoms with Gasteiger partial charge in [0, 0.05) is 5.92 Å². The molecule has 1 N–H and O–H groups in total. The molecule has 0 spiro atoms. The van der Waals surface area contributed by atoms with Crippen LogP contribution in [0.4, 0.5) is 18.3 Å². The molecule has 0 bridgehead atoms. The minimum atomic E-state index is -4.46. The first-order chi connectivity index (χ1) is 12.2. The van der Waals surface area contributed by atoms with Gasteiger partial charge in [0.25, 0.3) is 0 Å². The maximum atomic E-state index is 13.1. The number of nitrogens with one attached hydrogen (secondary N) is 1. The average molecular weight is 384 g/mol. The van der Waals surface area contributed by atoms with Crippen molar-refractivity contribution >= 4 is 28.3 Å². The van der Waals surface area contributed by atoms with Gasteiger partial charge in [0.2, 0.25) is 5.91 Å². The van der Waals surface area contributed by atoms with E-state index in [1.165, 1.54) is 25.3 Å². The highest BCUT2D eigenvalue weighted by Gasteiger charge is 2.48. The van der Waals surface area contributed by atoms with Crippen molar-refractivity contribution in [3.63, 3.8) is 0 Å². The molecule has 1 saturated carbocycles. The van der Waals surface area contributed by atoms with Crippen LogP contribution in [0.1, 0.15) is 38.8 Å². The highest BCUT2D eigenvalue weighted by atomic mass is 32.1. The molecule has 2 unspecified atom stereocenters. The summed E-state index contributed by atoms with van der Waals surface area (Å²) >= 11 is 0.973. The van der Waals surface area contributed by atoms with Crippen LogP contribution in [-0.4, -0.2) is 24.0 Å². The lowest BCUT2D eigenvalue weighted by molar-refractivity contribution is -0.138. The zero-order valence-corrected chi connectivity index (χ0v) is 14.7. The van der Waals surface area contributed by atoms with Crippen LogP contribution in [0.15, 0.2) is 24.3 Å². The maximum Gasteiger partial charge on any atom is 0.416 e. The normalized spacial score (nSPS) is 19.1. The minimum absolute atomic E-state index is 0.130. The molecular formula is C17H15F3N2O3S. The summed E-state index contributed by atoms with van der Waals surface area (Å²) < 4.78 is 44.0. The van der Waals surface area contributed by atoms with E-state index in [1.807, 2.05) is 0 Å². The number of ether oxygens (including phenoxy) is 1. The molecule has 1 heterocycles. The van der Waals surface area contributed by atoms with Gasteiger partial charge in [-0.05, 0) is 30.9 Å². The number of aryl methyl sites for hydroxylation is 1. The van der Waals surface area contributed by atoms with Crippen molar-refractivity contribution in [1.29, 1.82) is 0 Å². The minimum Gasteiger partial charge on any atom is -0.465 e. The molecule has 26 heavy (non-hydrogen) atoms. The number of rotatable bonds is 4. The molecule has 0 saturated heterocycles. The van der Waals surface area contributed by atoms with Gasteiger partial charge in [-0.2, -0.15) is 13.2 Å². The van der Waals surface area contributed by atoms with Crippen molar-refractivity contribution in [2.24, 2.45) is 5.92 Å². The first-order valence-corrected chi connectivity index (χ1v) is 8.56. The number of aromatic nitrogens is 1. The Labute approximate surface area is 151 Å². The predicted molar refractivity (Wildman–Crippen MR) is 89.1 cm³/mol. The zero-order valence-electron chi connectivity index (χ0n) is 13.9. The van der Waals surface area contributed by atoms with E-state index in [2.05, 4.69) is 15.0 Å². The summed E-state index contributed by atoms with van der Waals surface area (Å²) in [5.74, 6) is -1.99. The van der Waals surface area contributed by atoms with E-state index in [0.717, 1.165) is 17.4 Å². The Morgan fingerprint density at radius 3 is 2.65 bits per heavy atom. The molecule has 138 valence electrons. The first-order valence-electron chi connectivity index (χ1n) is 7.75. The number of hydrogen-bond acceptors (Lipinski definition) is 5. The Morgan fingerprint density at radius 1 is 1.31 bits per heavy atom. The number of esters is 1. The van der Waals surface area contributed by atoms with Crippen molar-refractivity contribution in [3.8, 4) is 0 Å². The summed E-state index contributed by atoms with van der Waals surface area (Å²) in [4.78, 5) is 28.3. The Balaban J connectivity index is 1.72. The number of thiazole rings is 1. The van der Waals surface area contributed by atoms with Crippen LogP contribution >= 0.6 is 11.3 Å². The molecule has 1 amide bonds. The van der Waals surface area contributed by atoms with E-state index in [9.17, 15) is 22.8 Å². The maximum absolute atomic E-state index is 13.1. The second-order valence-electron chi connectivity index (χ2n) is 5.95. The highest BCUT2D eigenvalue weighted by Crippen LogP contribution is 2.51. The Morgan fingerprint density at radius 2 is 2.00 bits per heavy atom. The number of halogens is 3. The molecule has 1 aliphatic rings. The predicted octanol–water partition coefficient (Wildman–Crippen LogP) is 4.00. The number of anilines is 1. The summed E-state index contributed by atoms with van der Waals surface area (Å²) in [5.41, 5.74) is -0.156. The van der Waals surface area contributed by atoms with E-state index in [0.29, 0.717) is 12.1 Å². The first kappa shape index (κ1) is 18.4. The van der Waals surface area contributed by atoms with Crippen LogP contribution in [-0.2, 0) is 15.7 Å². The second-order valence-corrected chi connectivity index (χ2v) is 6.95. The molecule has 0 aliphatic heterocycles. The lowest BCUT2D eigenvalue weighted by Gasteiger charge is -2.12. The van der Waals surface area contributed by atoms with Crippen molar-refractivity contribution in [3.05, 3.63) is 46.0 Å². The summed E-state index contributed by atoms with van der Waals surface area (Å²) in [6.45, 7) is 1.61. The molecule has 1 aromatic heterocycles. The fraction of sp³-hybridized carbons (Fsp3) is 0.353. The standard InChI is InChI=1S/C17H15F3N2O3S/c1-8-13(15(24)25-2)26-16(21-8)22-14(23)11-7-10(11)9-5-3-4-6-12(9)17(18,19)20/h3-6,10-11H,7H2,1-2H3,(H,21,22,23). The quantitative estimate of drug-likeness (QED) is 0.809. The number of nitrogens with zero attached hydrogens (tertiary/aromatic N) is 1. The monoisotopic (exact) mass is 384 g/mol. The van der Waals surface area contributed by atoms with Crippen LogP contribution in [0.2, 0.25) is 0 Å². The Kier molecular flexibility index (Phi) is 4.74. The van der Waals surface area contributed by atoms with Crippen molar-refractivity contribution in [1.82, 2.24) is 4.98 Å². The number of carbonyl (C=O) groups excluding carboxylic acids is 2. The van der Waals surface area contributed by atoms with Gasteiger partial charge in [0.1, 0.15) is 4.88 Å². The van der Waals surface area contributed by atoms with Gasteiger partial charge in [-0.1, -0.05) is 29.5 Å². The summed E-state index contributed by atoms with van der Waals surface area (Å²) in [5, 5.41) is 2.81. The van der Waals surface area contributed by atoms with E-state index in [-0.39, 0.29) is 15.6 Å². The van der Waals surface area contributed by atoms with Gasteiger partial charge in [-0.3, -0.25) is 4.79 Å². The number of carbonyl (C=O) groups is 2. The number of amides is 1. The van der Waals surface area contributed by atoms with Gasteiger partial charge in [-0.25, -0.2) is 9.78 Å². The zero-order chi connectivity index (χ0) is 19.1. The van der Waals surface area contributed by atoms with Gasteiger partial charge >= 0.3 is 12.1 Å². The molecule has 1 aromatic carbocycles. The molecule has 9 heteroatoms. The van der Waals surface area contributed by atoms with Crippen LogP contribution in [0.25, 0.3) is 0 Å². The van der Waals surface area contributed by atoms with Gasteiger partial charge in [0.05, 0.1) is 18.4 Å². The summed E-state index contributed by atoms with van der Waals surface area (Å²) in [7, 11) is 1.24. The van der Waals surface area contributed by atoms with Gasteiger partial charge in [0.15, 0.2) is 5.13 Å². The lowest BCUT2D eigenvalue weighted by atomic mass is 10.0. The third kappa shape index (κ3) is 3.57. The van der Waals surface area contributed by atoms with Crippen LogP contribution in [0.5, 0.6) is 0 Å². The van der Waals surface area contributed by atoms with Gasteiger partial charge in [-0.15, -0.1) is 0 Å². The van der Waals surface area contributed by atoms with Crippen molar-refractivity contribution in [2.75, 3.05) is 12.4 Å². The number of alkyl halides is 3. The van der Waals surface area contributed by atoms with Crippen molar-refractivity contribution < 1.29 is 27.5 Å². The molecule has 3 rings (SSSR count). The molecule has 1 fully saturated rings. The molecular weight excluding hydrogens is 369 g/mol. The SMILES string of the molecule is COC(=O)c1sc(NC(=O)C2CC2c2ccccc2C(F)(F)F)nc1C. The van der Waals surface area contributed by atoms with E-state index < -0.39 is 35.5 Å². The third-order valence-electron chi connectivity index (χ3n) is 4.19. The average Bonchev–Trinajstić information content (AvgIpc) is 3.31. The Hall–Kier alpha value is -2.42. The molecule has 5 nitrogen and oxygen atoms in total. The van der Waals surface area contributed by atoms with E-state index in [1.54, 1.807) is 6.92 Å². The molecule has 2 aromatic rings. The number of hydrogen-bond donors (Lipinski definition) is 1. The lowest BCUT2D eigenvalue weighted by Crippen LogP contribution is -2.15. The summed E-state index contributed by atoms with van der Waals surface area (Å²) in [6, 6.07) is 5.29. The highest BCUT2D eigenvalue weighted by molar-refractivity contribution is 7.17. The molecule has 1 aliphatic carbocycles. The summed E-state index contributed by atoms with van der Waals surface area (Å²) in [6.07, 6.45) is -4.12. The smallest absolute Gasteiger partial charge is 0.416 e. The van der Waals surface area contributed by atoms with Crippen molar-refractivity contribution in [2.45, 2.75) is 25.4 Å². The Bertz CT molecular complexity index is 863. The molecule has 2 atom stereocenters. The fourth-order valence-corrected chi connectivity index (χ4v) is 3.72. The number of methoxy groups -OCH3 is 1. The van der Waals surface area contributed by atoms with Crippen LogP contribution in [0.3, 0.4) is 0 Å². The topological polar surface area (TPSA) is 68.3 Å². The van der Waals surface area contributed by atoms with E-state index in [4.69, 9.17) is 0 Å². The molecule has 0 radical (unpaired) electrons. The fourth-order valence-electron chi connectivity index (χ4n) is 2.84. The van der Waals surface area contributed by atoms with Gasteiger partial charge < -0.3 is 10.1 Å². The van der Waals surface area contributed by atoms with E-state index >= 15 is 0 Å². The largest absolute Gasteiger partial charge is 0.465 e. The second kappa shape index (κ2) is 6.71. The van der Waals surface area contributed by atoms with Crippen LogP contribution < -0.4 is 5.32 Å². The third-order valence-corrected chi connectivity index (χ3v) is 5.24. The van der Waals surface area contributed by atoms with Crippen LogP contribution in [0, 0.1) is 12.8 Å². The number of benzene rings is 1.